The van der Waals surface area contributed by atoms with Crippen molar-refractivity contribution in [3.8, 4) is 23.2 Å². The number of hydrogen-bond acceptors (Lipinski definition) is 7. The van der Waals surface area contributed by atoms with E-state index in [0.717, 1.165) is 5.56 Å². The number of ether oxygens (including phenoxy) is 1. The number of nitrogens with zero attached hydrogens (tertiary/aromatic N) is 5. The molecule has 1 atom stereocenters. The number of carbonyl (C=O) groups excluding carboxylic acids is 1. The number of alkyl halides is 3. The average molecular weight is 531 g/mol. The fourth-order valence-corrected chi connectivity index (χ4v) is 4.28. The molecular weight excluding hydrogens is 509 g/mol. The summed E-state index contributed by atoms with van der Waals surface area (Å²) in [6.07, 6.45) is -1.93. The SMILES string of the molecule is COc1cc(-c2cc(N3CCC[C@H]3C(=O)NCCc3ccc(C#N)cc3)nc(C(F)(F)F)n2)c(Cl)cn1. The molecule has 192 valence electrons. The van der Waals surface area contributed by atoms with Crippen LogP contribution in [-0.4, -0.2) is 47.1 Å². The predicted molar refractivity (Wildman–Crippen MR) is 130 cm³/mol. The predicted octanol–water partition coefficient (Wildman–Crippen LogP) is 4.42. The minimum absolute atomic E-state index is 0.0195. The molecule has 0 bridgehead atoms. The normalized spacial score (nSPS) is 15.4. The van der Waals surface area contributed by atoms with Crippen molar-refractivity contribution in [3.05, 3.63) is 64.6 Å². The molecule has 37 heavy (non-hydrogen) atoms. The minimum Gasteiger partial charge on any atom is -0.481 e. The van der Waals surface area contributed by atoms with E-state index in [-0.39, 0.29) is 33.9 Å². The van der Waals surface area contributed by atoms with E-state index in [9.17, 15) is 18.0 Å². The van der Waals surface area contributed by atoms with Crippen LogP contribution in [0, 0.1) is 11.3 Å². The Morgan fingerprint density at radius 2 is 2.03 bits per heavy atom. The van der Waals surface area contributed by atoms with Crippen molar-refractivity contribution in [2.24, 2.45) is 0 Å². The van der Waals surface area contributed by atoms with Gasteiger partial charge in [-0.3, -0.25) is 4.79 Å². The maximum atomic E-state index is 13.7. The molecule has 1 aliphatic heterocycles. The van der Waals surface area contributed by atoms with E-state index in [0.29, 0.717) is 37.9 Å². The van der Waals surface area contributed by atoms with Crippen molar-refractivity contribution < 1.29 is 22.7 Å². The lowest BCUT2D eigenvalue weighted by Gasteiger charge is -2.26. The summed E-state index contributed by atoms with van der Waals surface area (Å²) in [6.45, 7) is 0.694. The molecular formula is C25H22ClF3N6O2. The lowest BCUT2D eigenvalue weighted by Crippen LogP contribution is -2.44. The van der Waals surface area contributed by atoms with Gasteiger partial charge < -0.3 is 15.0 Å². The van der Waals surface area contributed by atoms with Crippen LogP contribution < -0.4 is 15.0 Å². The Bertz CT molecular complexity index is 1330. The monoisotopic (exact) mass is 530 g/mol. The smallest absolute Gasteiger partial charge is 0.451 e. The molecule has 0 spiro atoms. The lowest BCUT2D eigenvalue weighted by atomic mass is 10.1. The summed E-state index contributed by atoms with van der Waals surface area (Å²) < 4.78 is 46.2. The highest BCUT2D eigenvalue weighted by atomic mass is 35.5. The molecule has 0 unspecified atom stereocenters. The first-order chi connectivity index (χ1) is 17.7. The molecule has 1 aromatic carbocycles. The Hall–Kier alpha value is -3.91. The molecule has 2 aromatic heterocycles. The summed E-state index contributed by atoms with van der Waals surface area (Å²) in [5.74, 6) is -1.50. The van der Waals surface area contributed by atoms with E-state index in [1.54, 1.807) is 17.0 Å². The third-order valence-electron chi connectivity index (χ3n) is 5.93. The van der Waals surface area contributed by atoms with Gasteiger partial charge in [-0.15, -0.1) is 0 Å². The number of amides is 1. The number of halogens is 4. The number of anilines is 1. The average Bonchev–Trinajstić information content (AvgIpc) is 3.39. The maximum absolute atomic E-state index is 13.7. The first-order valence-electron chi connectivity index (χ1n) is 11.4. The Kier molecular flexibility index (Phi) is 7.78. The van der Waals surface area contributed by atoms with Crippen molar-refractivity contribution in [2.75, 3.05) is 25.1 Å². The van der Waals surface area contributed by atoms with E-state index >= 15 is 0 Å². The summed E-state index contributed by atoms with van der Waals surface area (Å²) in [5, 5.41) is 11.9. The quantitative estimate of drug-likeness (QED) is 0.482. The molecule has 3 aromatic rings. The number of pyridine rings is 1. The largest absolute Gasteiger partial charge is 0.481 e. The third-order valence-corrected chi connectivity index (χ3v) is 6.23. The second kappa shape index (κ2) is 11.0. The number of nitriles is 1. The van der Waals surface area contributed by atoms with Gasteiger partial charge in [0, 0.05) is 30.8 Å². The summed E-state index contributed by atoms with van der Waals surface area (Å²) in [4.78, 5) is 25.9. The molecule has 1 amide bonds. The second-order valence-corrected chi connectivity index (χ2v) is 8.75. The number of methoxy groups -OCH3 is 1. The number of hydrogen-bond donors (Lipinski definition) is 1. The van der Waals surface area contributed by atoms with Crippen LogP contribution in [0.4, 0.5) is 19.0 Å². The number of carbonyl (C=O) groups is 1. The van der Waals surface area contributed by atoms with Gasteiger partial charge in [0.05, 0.1) is 35.7 Å². The van der Waals surface area contributed by atoms with Crippen LogP contribution in [0.25, 0.3) is 11.3 Å². The fraction of sp³-hybridized carbons (Fsp3) is 0.320. The molecule has 4 rings (SSSR count). The Labute approximate surface area is 216 Å². The summed E-state index contributed by atoms with van der Waals surface area (Å²) in [7, 11) is 1.38. The summed E-state index contributed by atoms with van der Waals surface area (Å²) in [6, 6.07) is 11.2. The fourth-order valence-electron chi connectivity index (χ4n) is 4.08. The number of rotatable bonds is 7. The second-order valence-electron chi connectivity index (χ2n) is 8.34. The molecule has 1 N–H and O–H groups in total. The van der Waals surface area contributed by atoms with Gasteiger partial charge in [0.2, 0.25) is 17.6 Å². The van der Waals surface area contributed by atoms with Gasteiger partial charge in [-0.25, -0.2) is 15.0 Å². The molecule has 8 nitrogen and oxygen atoms in total. The van der Waals surface area contributed by atoms with Crippen LogP contribution in [-0.2, 0) is 17.4 Å². The van der Waals surface area contributed by atoms with Crippen LogP contribution >= 0.6 is 11.6 Å². The molecule has 0 saturated carbocycles. The maximum Gasteiger partial charge on any atom is 0.451 e. The molecule has 0 aliphatic carbocycles. The Balaban J connectivity index is 1.57. The van der Waals surface area contributed by atoms with Gasteiger partial charge in [0.25, 0.3) is 0 Å². The van der Waals surface area contributed by atoms with Crippen molar-refractivity contribution >= 4 is 23.3 Å². The zero-order chi connectivity index (χ0) is 26.6. The first-order valence-corrected chi connectivity index (χ1v) is 11.8. The highest BCUT2D eigenvalue weighted by Gasteiger charge is 2.38. The van der Waals surface area contributed by atoms with E-state index in [4.69, 9.17) is 21.6 Å². The van der Waals surface area contributed by atoms with Gasteiger partial charge in [-0.1, -0.05) is 23.7 Å². The summed E-state index contributed by atoms with van der Waals surface area (Å²) >= 11 is 6.22. The van der Waals surface area contributed by atoms with Crippen LogP contribution in [0.2, 0.25) is 5.02 Å². The first kappa shape index (κ1) is 26.2. The van der Waals surface area contributed by atoms with Gasteiger partial charge in [-0.05, 0) is 37.0 Å². The number of nitrogens with one attached hydrogen (secondary N) is 1. The Morgan fingerprint density at radius 1 is 1.27 bits per heavy atom. The van der Waals surface area contributed by atoms with Crippen LogP contribution in [0.15, 0.2) is 42.6 Å². The summed E-state index contributed by atoms with van der Waals surface area (Å²) in [5.41, 5.74) is 1.63. The molecule has 1 saturated heterocycles. The lowest BCUT2D eigenvalue weighted by molar-refractivity contribution is -0.144. The van der Waals surface area contributed by atoms with Crippen LogP contribution in [0.5, 0.6) is 5.88 Å². The van der Waals surface area contributed by atoms with Crippen molar-refractivity contribution in [1.29, 1.82) is 5.26 Å². The molecule has 0 radical (unpaired) electrons. The Morgan fingerprint density at radius 3 is 2.70 bits per heavy atom. The molecule has 1 fully saturated rings. The van der Waals surface area contributed by atoms with Crippen LogP contribution in [0.3, 0.4) is 0 Å². The molecule has 12 heteroatoms. The van der Waals surface area contributed by atoms with Gasteiger partial charge in [0.1, 0.15) is 11.9 Å². The topological polar surface area (TPSA) is 104 Å². The van der Waals surface area contributed by atoms with Crippen LogP contribution in [0.1, 0.15) is 29.8 Å². The highest BCUT2D eigenvalue weighted by Crippen LogP contribution is 2.36. The van der Waals surface area contributed by atoms with Gasteiger partial charge in [0.15, 0.2) is 0 Å². The van der Waals surface area contributed by atoms with E-state index in [1.165, 1.54) is 25.4 Å². The number of aromatic nitrogens is 3. The molecule has 3 heterocycles. The minimum atomic E-state index is -4.81. The van der Waals surface area contributed by atoms with Gasteiger partial charge in [-0.2, -0.15) is 18.4 Å². The van der Waals surface area contributed by atoms with Gasteiger partial charge >= 0.3 is 6.18 Å². The standard InChI is InChI=1S/C25H22ClF3N6O2/c1-37-22-11-17(18(26)14-32-22)19-12-21(34-24(33-19)25(27,28)29)35-10-2-3-20(35)23(36)31-9-8-15-4-6-16(13-30)7-5-15/h4-7,11-12,14,20H,2-3,8-10H2,1H3,(H,31,36)/t20-/m0/s1. The van der Waals surface area contributed by atoms with Crippen molar-refractivity contribution in [2.45, 2.75) is 31.5 Å². The van der Waals surface area contributed by atoms with Crippen molar-refractivity contribution in [1.82, 2.24) is 20.3 Å². The van der Waals surface area contributed by atoms with Crippen molar-refractivity contribution in [3.63, 3.8) is 0 Å². The third kappa shape index (κ3) is 6.09. The zero-order valence-electron chi connectivity index (χ0n) is 19.7. The highest BCUT2D eigenvalue weighted by molar-refractivity contribution is 6.33. The number of benzene rings is 1. The van der Waals surface area contributed by atoms with E-state index < -0.39 is 18.0 Å². The zero-order valence-corrected chi connectivity index (χ0v) is 20.5. The van der Waals surface area contributed by atoms with E-state index in [2.05, 4.69) is 20.3 Å². The van der Waals surface area contributed by atoms with E-state index in [1.807, 2.05) is 18.2 Å². The molecule has 1 aliphatic rings.